The van der Waals surface area contributed by atoms with Crippen LogP contribution in [-0.4, -0.2) is 28.5 Å². The van der Waals surface area contributed by atoms with E-state index in [1.165, 1.54) is 9.13 Å². The summed E-state index contributed by atoms with van der Waals surface area (Å²) in [7, 11) is 3.40. The second kappa shape index (κ2) is 6.33. The van der Waals surface area contributed by atoms with Gasteiger partial charge < -0.3 is 4.57 Å². The molecule has 8 nitrogen and oxygen atoms in total. The van der Waals surface area contributed by atoms with Crippen LogP contribution in [0.4, 0.5) is 0 Å². The summed E-state index contributed by atoms with van der Waals surface area (Å²) >= 11 is 0. The van der Waals surface area contributed by atoms with Gasteiger partial charge in [-0.3, -0.25) is 13.9 Å². The SMILES string of the molecule is Cc1cccc(Cn2c(=O)c3c(nc(-n4nc(C)cc4C)n3C)n(C)c2=O)c1. The highest BCUT2D eigenvalue weighted by molar-refractivity contribution is 5.72. The first-order valence-corrected chi connectivity index (χ1v) is 9.03. The third-order valence-electron chi connectivity index (χ3n) is 4.96. The third-order valence-corrected chi connectivity index (χ3v) is 4.96. The molecular formula is C20H22N6O2. The fourth-order valence-electron chi connectivity index (χ4n) is 3.59. The average molecular weight is 378 g/mol. The van der Waals surface area contributed by atoms with Gasteiger partial charge >= 0.3 is 5.69 Å². The standard InChI is InChI=1S/C20H22N6O2/c1-12-7-6-8-15(9-12)11-25-18(27)16-17(24(5)20(25)28)21-19(23(16)4)26-14(3)10-13(2)22-26/h6-10H,11H2,1-5H3. The molecule has 0 N–H and O–H groups in total. The zero-order valence-corrected chi connectivity index (χ0v) is 16.6. The molecule has 0 aliphatic heterocycles. The van der Waals surface area contributed by atoms with Crippen molar-refractivity contribution in [1.82, 2.24) is 28.5 Å². The molecule has 0 saturated heterocycles. The van der Waals surface area contributed by atoms with E-state index in [1.54, 1.807) is 23.3 Å². The molecule has 8 heteroatoms. The molecule has 0 radical (unpaired) electrons. The number of benzene rings is 1. The molecule has 0 bridgehead atoms. The lowest BCUT2D eigenvalue weighted by Crippen LogP contribution is -2.39. The van der Waals surface area contributed by atoms with Gasteiger partial charge in [-0.25, -0.2) is 9.48 Å². The van der Waals surface area contributed by atoms with Crippen molar-refractivity contribution in [1.29, 1.82) is 0 Å². The Morgan fingerprint density at radius 3 is 2.39 bits per heavy atom. The molecule has 0 atom stereocenters. The lowest BCUT2D eigenvalue weighted by Gasteiger charge is -2.09. The van der Waals surface area contributed by atoms with Gasteiger partial charge in [-0.2, -0.15) is 10.1 Å². The lowest BCUT2D eigenvalue weighted by molar-refractivity contribution is 0.654. The van der Waals surface area contributed by atoms with Crippen molar-refractivity contribution in [2.24, 2.45) is 14.1 Å². The van der Waals surface area contributed by atoms with Crippen LogP contribution >= 0.6 is 0 Å². The Hall–Kier alpha value is -3.42. The minimum atomic E-state index is -0.392. The van der Waals surface area contributed by atoms with Crippen LogP contribution < -0.4 is 11.2 Å². The van der Waals surface area contributed by atoms with Crippen LogP contribution in [0.1, 0.15) is 22.5 Å². The van der Waals surface area contributed by atoms with E-state index in [0.29, 0.717) is 17.1 Å². The van der Waals surface area contributed by atoms with Crippen LogP contribution in [0.25, 0.3) is 17.1 Å². The Kier molecular flexibility index (Phi) is 4.06. The molecule has 144 valence electrons. The summed E-state index contributed by atoms with van der Waals surface area (Å²) in [5.74, 6) is 0.501. The maximum atomic E-state index is 13.2. The Morgan fingerprint density at radius 2 is 1.75 bits per heavy atom. The number of aromatic nitrogens is 6. The van der Waals surface area contributed by atoms with Crippen LogP contribution in [0, 0.1) is 20.8 Å². The lowest BCUT2D eigenvalue weighted by atomic mass is 10.1. The first-order chi connectivity index (χ1) is 13.3. The van der Waals surface area contributed by atoms with Crippen LogP contribution in [0.3, 0.4) is 0 Å². The van der Waals surface area contributed by atoms with Crippen LogP contribution in [-0.2, 0) is 20.6 Å². The smallest absolute Gasteiger partial charge is 0.306 e. The molecule has 0 saturated carbocycles. The molecule has 1 aromatic carbocycles. The number of imidazole rings is 1. The van der Waals surface area contributed by atoms with E-state index in [-0.39, 0.29) is 12.1 Å². The van der Waals surface area contributed by atoms with Gasteiger partial charge in [0.1, 0.15) is 0 Å². The predicted molar refractivity (Wildman–Crippen MR) is 107 cm³/mol. The number of rotatable bonds is 3. The van der Waals surface area contributed by atoms with Crippen molar-refractivity contribution in [3.63, 3.8) is 0 Å². The van der Waals surface area contributed by atoms with Gasteiger partial charge in [-0.05, 0) is 32.4 Å². The summed E-state index contributed by atoms with van der Waals surface area (Å²) in [6.07, 6.45) is 0. The molecule has 28 heavy (non-hydrogen) atoms. The molecule has 0 fully saturated rings. The minimum absolute atomic E-state index is 0.212. The predicted octanol–water partition coefficient (Wildman–Crippen LogP) is 1.59. The van der Waals surface area contributed by atoms with Crippen molar-refractivity contribution in [2.45, 2.75) is 27.3 Å². The van der Waals surface area contributed by atoms with Crippen LogP contribution in [0.5, 0.6) is 0 Å². The maximum absolute atomic E-state index is 13.2. The molecule has 3 aromatic heterocycles. The maximum Gasteiger partial charge on any atom is 0.332 e. The zero-order valence-electron chi connectivity index (χ0n) is 16.6. The monoisotopic (exact) mass is 378 g/mol. The molecule has 0 unspecified atom stereocenters. The van der Waals surface area contributed by atoms with Gasteiger partial charge in [0.05, 0.1) is 12.2 Å². The van der Waals surface area contributed by atoms with Gasteiger partial charge in [-0.15, -0.1) is 0 Å². The number of hydrogen-bond acceptors (Lipinski definition) is 4. The van der Waals surface area contributed by atoms with Crippen molar-refractivity contribution in [2.75, 3.05) is 0 Å². The summed E-state index contributed by atoms with van der Waals surface area (Å²) in [4.78, 5) is 30.6. The molecule has 0 aliphatic rings. The average Bonchev–Trinajstić information content (AvgIpc) is 3.15. The van der Waals surface area contributed by atoms with E-state index in [2.05, 4.69) is 10.1 Å². The Morgan fingerprint density at radius 1 is 1.00 bits per heavy atom. The normalized spacial score (nSPS) is 11.5. The van der Waals surface area contributed by atoms with Crippen molar-refractivity contribution >= 4 is 11.2 Å². The largest absolute Gasteiger partial charge is 0.332 e. The molecule has 4 rings (SSSR count). The Balaban J connectivity index is 1.97. The van der Waals surface area contributed by atoms with Crippen LogP contribution in [0.15, 0.2) is 39.9 Å². The number of fused-ring (bicyclic) bond motifs is 1. The quantitative estimate of drug-likeness (QED) is 0.542. The van der Waals surface area contributed by atoms with Crippen LogP contribution in [0.2, 0.25) is 0 Å². The number of aryl methyl sites for hydroxylation is 5. The molecule has 0 spiro atoms. The highest BCUT2D eigenvalue weighted by Crippen LogP contribution is 2.15. The molecule has 0 aliphatic carbocycles. The summed E-state index contributed by atoms with van der Waals surface area (Å²) in [5, 5.41) is 4.46. The summed E-state index contributed by atoms with van der Waals surface area (Å²) < 4.78 is 6.05. The first-order valence-electron chi connectivity index (χ1n) is 9.03. The van der Waals surface area contributed by atoms with E-state index < -0.39 is 5.69 Å². The van der Waals surface area contributed by atoms with E-state index >= 15 is 0 Å². The molecule has 0 amide bonds. The van der Waals surface area contributed by atoms with Gasteiger partial charge in [-0.1, -0.05) is 29.8 Å². The molecule has 4 aromatic rings. The second-order valence-corrected chi connectivity index (χ2v) is 7.20. The van der Waals surface area contributed by atoms with E-state index in [4.69, 9.17) is 0 Å². The topological polar surface area (TPSA) is 79.6 Å². The van der Waals surface area contributed by atoms with Gasteiger partial charge in [0, 0.05) is 19.8 Å². The Bertz CT molecular complexity index is 1340. The van der Waals surface area contributed by atoms with E-state index in [1.807, 2.05) is 51.1 Å². The van der Waals surface area contributed by atoms with E-state index in [0.717, 1.165) is 22.5 Å². The summed E-state index contributed by atoms with van der Waals surface area (Å²) in [5.41, 5.74) is 3.71. The highest BCUT2D eigenvalue weighted by Gasteiger charge is 2.20. The second-order valence-electron chi connectivity index (χ2n) is 7.20. The molecule has 3 heterocycles. The van der Waals surface area contributed by atoms with E-state index in [9.17, 15) is 9.59 Å². The number of hydrogen-bond donors (Lipinski definition) is 0. The van der Waals surface area contributed by atoms with Gasteiger partial charge in [0.15, 0.2) is 11.2 Å². The summed E-state index contributed by atoms with van der Waals surface area (Å²) in [6.45, 7) is 6.02. The van der Waals surface area contributed by atoms with Crippen molar-refractivity contribution in [3.05, 3.63) is 73.7 Å². The minimum Gasteiger partial charge on any atom is -0.306 e. The van der Waals surface area contributed by atoms with Gasteiger partial charge in [0.25, 0.3) is 5.56 Å². The fraction of sp³-hybridized carbons (Fsp3) is 0.300. The fourth-order valence-corrected chi connectivity index (χ4v) is 3.59. The zero-order chi connectivity index (χ0) is 20.2. The first kappa shape index (κ1) is 18.0. The summed E-state index contributed by atoms with van der Waals surface area (Å²) in [6, 6.07) is 9.72. The van der Waals surface area contributed by atoms with Gasteiger partial charge in [0.2, 0.25) is 5.95 Å². The van der Waals surface area contributed by atoms with Crippen molar-refractivity contribution in [3.8, 4) is 5.95 Å². The van der Waals surface area contributed by atoms with Crippen molar-refractivity contribution < 1.29 is 0 Å². The number of nitrogens with zero attached hydrogens (tertiary/aromatic N) is 6. The third kappa shape index (κ3) is 2.69. The molecular weight excluding hydrogens is 356 g/mol. The Labute approximate surface area is 161 Å². The highest BCUT2D eigenvalue weighted by atomic mass is 16.2.